The summed E-state index contributed by atoms with van der Waals surface area (Å²) in [6, 6.07) is 6.81. The first-order chi connectivity index (χ1) is 8.88. The van der Waals surface area contributed by atoms with Gasteiger partial charge in [-0.15, -0.1) is 0 Å². The number of halogens is 2. The number of nitrogens with one attached hydrogen (secondary N) is 1. The molecule has 3 nitrogen and oxygen atoms in total. The van der Waals surface area contributed by atoms with E-state index < -0.39 is 6.61 Å². The van der Waals surface area contributed by atoms with Crippen molar-refractivity contribution in [3.05, 3.63) is 29.8 Å². The van der Waals surface area contributed by atoms with E-state index in [1.54, 1.807) is 19.1 Å². The zero-order valence-electron chi connectivity index (χ0n) is 11.4. The first-order valence-corrected chi connectivity index (χ1v) is 6.37. The van der Waals surface area contributed by atoms with Crippen LogP contribution in [0.1, 0.15) is 38.8 Å². The van der Waals surface area contributed by atoms with Crippen LogP contribution in [0.4, 0.5) is 8.78 Å². The van der Waals surface area contributed by atoms with Gasteiger partial charge in [-0.2, -0.15) is 8.78 Å². The lowest BCUT2D eigenvalue weighted by Gasteiger charge is -2.21. The second-order valence-electron chi connectivity index (χ2n) is 4.82. The van der Waals surface area contributed by atoms with Gasteiger partial charge < -0.3 is 15.2 Å². The summed E-state index contributed by atoms with van der Waals surface area (Å²) in [6.45, 7) is 2.94. The van der Waals surface area contributed by atoms with E-state index in [-0.39, 0.29) is 23.9 Å². The van der Waals surface area contributed by atoms with Gasteiger partial charge in [0.2, 0.25) is 0 Å². The third kappa shape index (κ3) is 5.98. The molecule has 3 atom stereocenters. The first-order valence-electron chi connectivity index (χ1n) is 6.37. The lowest BCUT2D eigenvalue weighted by Crippen LogP contribution is -2.31. The highest BCUT2D eigenvalue weighted by atomic mass is 19.3. The Morgan fingerprint density at radius 3 is 2.21 bits per heavy atom. The smallest absolute Gasteiger partial charge is 0.387 e. The first kappa shape index (κ1) is 15.9. The van der Waals surface area contributed by atoms with E-state index in [9.17, 15) is 13.9 Å². The number of hydrogen-bond donors (Lipinski definition) is 2. The maximum absolute atomic E-state index is 12.0. The van der Waals surface area contributed by atoms with Crippen LogP contribution in [0.3, 0.4) is 0 Å². The van der Waals surface area contributed by atoms with Gasteiger partial charge in [-0.3, -0.25) is 0 Å². The van der Waals surface area contributed by atoms with Gasteiger partial charge >= 0.3 is 6.61 Å². The molecule has 0 radical (unpaired) electrons. The molecule has 3 unspecified atom stereocenters. The molecule has 19 heavy (non-hydrogen) atoms. The van der Waals surface area contributed by atoms with Crippen LogP contribution in [-0.4, -0.2) is 23.9 Å². The molecule has 5 heteroatoms. The van der Waals surface area contributed by atoms with Gasteiger partial charge in [0.25, 0.3) is 0 Å². The molecule has 0 aliphatic heterocycles. The molecule has 0 aliphatic carbocycles. The largest absolute Gasteiger partial charge is 0.435 e. The standard InChI is InChI=1S/C14H21F2NO2/c1-9(8-10(2)18)17-11(3)12-4-6-13(7-5-12)19-14(15)16/h4-7,9-11,14,17-18H,8H2,1-3H3. The average molecular weight is 273 g/mol. The van der Waals surface area contributed by atoms with Gasteiger partial charge in [-0.05, 0) is 44.9 Å². The lowest BCUT2D eigenvalue weighted by molar-refractivity contribution is -0.0498. The Morgan fingerprint density at radius 1 is 1.16 bits per heavy atom. The summed E-state index contributed by atoms with van der Waals surface area (Å²) in [6.07, 6.45) is 0.313. The van der Waals surface area contributed by atoms with E-state index in [0.29, 0.717) is 6.42 Å². The zero-order valence-corrected chi connectivity index (χ0v) is 11.4. The SMILES string of the molecule is CC(O)CC(C)NC(C)c1ccc(OC(F)F)cc1. The quantitative estimate of drug-likeness (QED) is 0.802. The van der Waals surface area contributed by atoms with Crippen LogP contribution in [0, 0.1) is 0 Å². The Kier molecular flexibility index (Phi) is 6.18. The highest BCUT2D eigenvalue weighted by Crippen LogP contribution is 2.19. The minimum absolute atomic E-state index is 0.0781. The predicted octanol–water partition coefficient (Wildman–Crippen LogP) is 3.10. The fourth-order valence-electron chi connectivity index (χ4n) is 2.04. The number of hydrogen-bond acceptors (Lipinski definition) is 3. The van der Waals surface area contributed by atoms with E-state index in [1.165, 1.54) is 12.1 Å². The van der Waals surface area contributed by atoms with E-state index in [1.807, 2.05) is 13.8 Å². The van der Waals surface area contributed by atoms with Gasteiger partial charge in [0.1, 0.15) is 5.75 Å². The highest BCUT2D eigenvalue weighted by molar-refractivity contribution is 5.29. The lowest BCUT2D eigenvalue weighted by atomic mass is 10.1. The Labute approximate surface area is 112 Å². The normalized spacial score (nSPS) is 16.2. The number of aliphatic hydroxyl groups excluding tert-OH is 1. The molecule has 108 valence electrons. The van der Waals surface area contributed by atoms with Gasteiger partial charge in [-0.1, -0.05) is 12.1 Å². The monoisotopic (exact) mass is 273 g/mol. The van der Waals surface area contributed by atoms with Gasteiger partial charge in [0.05, 0.1) is 6.10 Å². The van der Waals surface area contributed by atoms with Crippen molar-refractivity contribution >= 4 is 0 Å². The predicted molar refractivity (Wildman–Crippen MR) is 70.4 cm³/mol. The molecular weight excluding hydrogens is 252 g/mol. The molecule has 0 heterocycles. The van der Waals surface area contributed by atoms with Crippen molar-refractivity contribution in [2.24, 2.45) is 0 Å². The van der Waals surface area contributed by atoms with Crippen LogP contribution in [0.25, 0.3) is 0 Å². The summed E-state index contributed by atoms with van der Waals surface area (Å²) in [5, 5.41) is 12.6. The van der Waals surface area contributed by atoms with E-state index in [2.05, 4.69) is 10.1 Å². The van der Waals surface area contributed by atoms with E-state index in [4.69, 9.17) is 0 Å². The molecule has 1 rings (SSSR count). The third-order valence-electron chi connectivity index (χ3n) is 2.83. The van der Waals surface area contributed by atoms with Crippen LogP contribution in [0.15, 0.2) is 24.3 Å². The van der Waals surface area contributed by atoms with Crippen molar-refractivity contribution in [2.75, 3.05) is 0 Å². The van der Waals surface area contributed by atoms with Crippen LogP contribution >= 0.6 is 0 Å². The number of alkyl halides is 2. The van der Waals surface area contributed by atoms with E-state index in [0.717, 1.165) is 5.56 Å². The van der Waals surface area contributed by atoms with Crippen molar-refractivity contribution in [1.82, 2.24) is 5.32 Å². The molecule has 1 aromatic carbocycles. The fourth-order valence-corrected chi connectivity index (χ4v) is 2.04. The summed E-state index contributed by atoms with van der Waals surface area (Å²) < 4.78 is 28.3. The summed E-state index contributed by atoms with van der Waals surface area (Å²) in [5.74, 6) is 0.156. The third-order valence-corrected chi connectivity index (χ3v) is 2.83. The summed E-state index contributed by atoms with van der Waals surface area (Å²) in [5.41, 5.74) is 0.985. The molecule has 0 spiro atoms. The number of rotatable bonds is 7. The Hall–Kier alpha value is -1.20. The average Bonchev–Trinajstić information content (AvgIpc) is 2.27. The fraction of sp³-hybridized carbons (Fsp3) is 0.571. The van der Waals surface area contributed by atoms with Crippen LogP contribution in [0.2, 0.25) is 0 Å². The number of benzene rings is 1. The van der Waals surface area contributed by atoms with Crippen LogP contribution in [-0.2, 0) is 0 Å². The van der Waals surface area contributed by atoms with Crippen molar-refractivity contribution in [3.8, 4) is 5.75 Å². The maximum Gasteiger partial charge on any atom is 0.387 e. The zero-order chi connectivity index (χ0) is 14.4. The number of aliphatic hydroxyl groups is 1. The van der Waals surface area contributed by atoms with Gasteiger partial charge in [0, 0.05) is 12.1 Å². The second kappa shape index (κ2) is 7.40. The molecule has 0 aromatic heterocycles. The minimum Gasteiger partial charge on any atom is -0.435 e. The van der Waals surface area contributed by atoms with E-state index >= 15 is 0 Å². The summed E-state index contributed by atoms with van der Waals surface area (Å²) in [4.78, 5) is 0. The topological polar surface area (TPSA) is 41.5 Å². The van der Waals surface area contributed by atoms with Crippen molar-refractivity contribution in [3.63, 3.8) is 0 Å². The summed E-state index contributed by atoms with van der Waals surface area (Å²) >= 11 is 0. The molecular formula is C14H21F2NO2. The Bertz CT molecular complexity index is 368. The van der Waals surface area contributed by atoms with Crippen molar-refractivity contribution in [2.45, 2.75) is 52.0 Å². The molecule has 0 aliphatic rings. The molecule has 0 fully saturated rings. The molecule has 0 saturated carbocycles. The van der Waals surface area contributed by atoms with Crippen molar-refractivity contribution in [1.29, 1.82) is 0 Å². The second-order valence-corrected chi connectivity index (χ2v) is 4.82. The minimum atomic E-state index is -2.80. The molecule has 1 aromatic rings. The number of ether oxygens (including phenoxy) is 1. The Morgan fingerprint density at radius 2 is 1.74 bits per heavy atom. The van der Waals surface area contributed by atoms with Crippen molar-refractivity contribution < 1.29 is 18.6 Å². The Balaban J connectivity index is 2.55. The summed E-state index contributed by atoms with van der Waals surface area (Å²) in [7, 11) is 0. The maximum atomic E-state index is 12.0. The van der Waals surface area contributed by atoms with Crippen LogP contribution < -0.4 is 10.1 Å². The van der Waals surface area contributed by atoms with Gasteiger partial charge in [0.15, 0.2) is 0 Å². The van der Waals surface area contributed by atoms with Crippen LogP contribution in [0.5, 0.6) is 5.75 Å². The van der Waals surface area contributed by atoms with Gasteiger partial charge in [-0.25, -0.2) is 0 Å². The molecule has 0 saturated heterocycles. The highest BCUT2D eigenvalue weighted by Gasteiger charge is 2.12. The molecule has 0 bridgehead atoms. The molecule has 2 N–H and O–H groups in total. The molecule has 0 amide bonds.